The molecule has 0 aromatic carbocycles. The molecule has 0 aliphatic heterocycles. The minimum Gasteiger partial charge on any atom is -0.328 e. The molecule has 0 rings (SSSR count). The summed E-state index contributed by atoms with van der Waals surface area (Å²) in [5.74, 6) is -76.1. The molecule has 0 saturated heterocycles. The van der Waals surface area contributed by atoms with E-state index in [-0.39, 0.29) is 6.54 Å². The lowest BCUT2D eigenvalue weighted by Gasteiger charge is -2.44. The summed E-state index contributed by atoms with van der Waals surface area (Å²) in [6.45, 7) is -4.60. The first kappa shape index (κ1) is 53.2. The molecule has 0 aromatic rings. The molecular formula is C21H26F21N2O8S3+. The Kier molecular flexibility index (Phi) is 14.9. The smallest absolute Gasteiger partial charge is 0.328 e. The molecule has 55 heavy (non-hydrogen) atoms. The van der Waals surface area contributed by atoms with E-state index in [0.717, 1.165) is 14.1 Å². The number of halogens is 21. The molecule has 0 aliphatic rings. The van der Waals surface area contributed by atoms with Gasteiger partial charge in [-0.1, -0.05) is 0 Å². The van der Waals surface area contributed by atoms with E-state index < -0.39 is 148 Å². The fourth-order valence-electron chi connectivity index (χ4n) is 4.11. The van der Waals surface area contributed by atoms with Crippen LogP contribution >= 0.6 is 0 Å². The summed E-state index contributed by atoms with van der Waals surface area (Å²) in [6.07, 6.45) is -11.1. The quantitative estimate of drug-likeness (QED) is 0.0779. The summed E-state index contributed by atoms with van der Waals surface area (Å²) in [7, 11) is -15.5. The van der Waals surface area contributed by atoms with E-state index in [0.29, 0.717) is 0 Å². The Morgan fingerprint density at radius 1 is 0.436 bits per heavy atom. The van der Waals surface area contributed by atoms with Crippen LogP contribution in [-0.4, -0.2) is 154 Å². The molecule has 10 nitrogen and oxygen atoms in total. The van der Waals surface area contributed by atoms with E-state index in [4.69, 9.17) is 9.11 Å². The molecule has 0 atom stereocenters. The van der Waals surface area contributed by atoms with E-state index >= 15 is 0 Å². The van der Waals surface area contributed by atoms with Crippen molar-refractivity contribution in [3.05, 3.63) is 0 Å². The van der Waals surface area contributed by atoms with Crippen molar-refractivity contribution in [2.24, 2.45) is 0 Å². The normalized spacial score (nSPS) is 16.3. The molecule has 0 aliphatic carbocycles. The predicted molar refractivity (Wildman–Crippen MR) is 140 cm³/mol. The summed E-state index contributed by atoms with van der Waals surface area (Å²) in [6, 6.07) is 0. The lowest BCUT2D eigenvalue weighted by molar-refractivity contribution is -0.890. The molecule has 0 saturated carbocycles. The first-order chi connectivity index (χ1) is 23.5. The van der Waals surface area contributed by atoms with Gasteiger partial charge in [0.15, 0.2) is 0 Å². The molecule has 0 unspecified atom stereocenters. The Morgan fingerprint density at radius 3 is 1.04 bits per heavy atom. The summed E-state index contributed by atoms with van der Waals surface area (Å²) in [5.41, 5.74) is 0. The standard InChI is InChI=1S/C21H25F21N2O8S3/c1-44(2,9-5-11-54(48,49)50)8-3-6-43(7-4-10-53(45,46)47)55(51,52)21(41,42)19(36,37)17(32,33)15(28,29)13(24,25)12(22,23)14(26,27)16(30,31)18(34,35)20(38,39)40/h3-11H2,1-2H3,(H-,45,46,47,48,49,50)/p+1. The summed E-state index contributed by atoms with van der Waals surface area (Å²) >= 11 is 0. The molecule has 0 bridgehead atoms. The van der Waals surface area contributed by atoms with Crippen LogP contribution in [0.2, 0.25) is 0 Å². The maximum Gasteiger partial charge on any atom is 0.460 e. The van der Waals surface area contributed by atoms with Gasteiger partial charge in [-0.15, -0.1) is 0 Å². The predicted octanol–water partition coefficient (Wildman–Crippen LogP) is 5.88. The SMILES string of the molecule is C[N+](C)(CCCN(CCCS(=O)(=O)O)S(=O)(=O)C(F)(F)C(F)(F)C(F)(F)C(F)(F)C(F)(F)C(F)(F)C(F)(F)C(F)(F)C(F)(F)C(F)(F)F)CCCS(=O)(=O)O. The van der Waals surface area contributed by atoms with E-state index in [2.05, 4.69) is 0 Å². The Hall–Kier alpha value is -1.78. The van der Waals surface area contributed by atoms with Crippen molar-refractivity contribution >= 4 is 30.3 Å². The lowest BCUT2D eigenvalue weighted by Crippen LogP contribution is -2.77. The van der Waals surface area contributed by atoms with Gasteiger partial charge in [-0.2, -0.15) is 113 Å². The number of alkyl halides is 21. The van der Waals surface area contributed by atoms with Gasteiger partial charge in [0.25, 0.3) is 30.3 Å². The highest BCUT2D eigenvalue weighted by Crippen LogP contribution is 2.66. The maximum absolute atomic E-state index is 14.9. The van der Waals surface area contributed by atoms with E-state index in [1.807, 2.05) is 0 Å². The van der Waals surface area contributed by atoms with E-state index in [1.54, 1.807) is 0 Å². The Bertz CT molecular complexity index is 1680. The second kappa shape index (κ2) is 15.4. The molecule has 0 spiro atoms. The Labute approximate surface area is 295 Å². The van der Waals surface area contributed by atoms with Gasteiger partial charge < -0.3 is 4.48 Å². The largest absolute Gasteiger partial charge is 0.460 e. The fraction of sp³-hybridized carbons (Fsp3) is 1.00. The first-order valence-electron chi connectivity index (χ1n) is 13.7. The maximum atomic E-state index is 14.9. The van der Waals surface area contributed by atoms with Crippen molar-refractivity contribution in [2.45, 2.75) is 78.1 Å². The highest BCUT2D eigenvalue weighted by Gasteiger charge is 2.98. The van der Waals surface area contributed by atoms with Crippen molar-refractivity contribution < 1.29 is 131 Å². The summed E-state index contributed by atoms with van der Waals surface area (Å²) in [4.78, 5) is 0. The topological polar surface area (TPSA) is 146 Å². The molecule has 0 amide bonds. The highest BCUT2D eigenvalue weighted by molar-refractivity contribution is 7.90. The van der Waals surface area contributed by atoms with Crippen LogP contribution in [0.15, 0.2) is 0 Å². The van der Waals surface area contributed by atoms with Crippen LogP contribution in [0.5, 0.6) is 0 Å². The zero-order valence-electron chi connectivity index (χ0n) is 26.8. The summed E-state index contributed by atoms with van der Waals surface area (Å²) < 4.78 is 374. The van der Waals surface area contributed by atoms with Crippen LogP contribution in [-0.2, 0) is 30.3 Å². The van der Waals surface area contributed by atoms with Crippen LogP contribution in [0.4, 0.5) is 92.2 Å². The molecule has 0 heterocycles. The number of sulfonamides is 1. The van der Waals surface area contributed by atoms with Gasteiger partial charge in [-0.05, 0) is 6.42 Å². The number of hydrogen-bond donors (Lipinski definition) is 2. The fourth-order valence-corrected chi connectivity index (χ4v) is 6.61. The second-order valence-electron chi connectivity index (χ2n) is 12.0. The number of nitrogens with zero attached hydrogens (tertiary/aromatic N) is 2. The van der Waals surface area contributed by atoms with Gasteiger partial charge in [0.2, 0.25) is 0 Å². The lowest BCUT2D eigenvalue weighted by atomic mass is 9.87. The molecule has 0 aromatic heterocycles. The highest BCUT2D eigenvalue weighted by atomic mass is 32.2. The van der Waals surface area contributed by atoms with Crippen LogP contribution in [0.1, 0.15) is 19.3 Å². The summed E-state index contributed by atoms with van der Waals surface area (Å²) in [5, 5.41) is -8.08. The number of rotatable bonds is 22. The first-order valence-corrected chi connectivity index (χ1v) is 18.4. The van der Waals surface area contributed by atoms with Gasteiger partial charge in [0.1, 0.15) is 0 Å². The third kappa shape index (κ3) is 9.75. The van der Waals surface area contributed by atoms with Crippen LogP contribution in [0.3, 0.4) is 0 Å². The van der Waals surface area contributed by atoms with Gasteiger partial charge in [0, 0.05) is 25.9 Å². The molecular weight excluding hydrogens is 903 g/mol. The van der Waals surface area contributed by atoms with Gasteiger partial charge in [0.05, 0.1) is 38.7 Å². The molecule has 0 radical (unpaired) electrons. The zero-order valence-corrected chi connectivity index (χ0v) is 29.2. The van der Waals surface area contributed by atoms with Crippen LogP contribution in [0.25, 0.3) is 0 Å². The Balaban J connectivity index is 7.18. The average Bonchev–Trinajstić information content (AvgIpc) is 2.93. The van der Waals surface area contributed by atoms with Crippen LogP contribution < -0.4 is 0 Å². The van der Waals surface area contributed by atoms with Gasteiger partial charge in [-0.25, -0.2) is 8.42 Å². The molecule has 2 N–H and O–H groups in total. The average molecular weight is 930 g/mol. The monoisotopic (exact) mass is 929 g/mol. The minimum atomic E-state index is -9.50. The van der Waals surface area contributed by atoms with Gasteiger partial charge in [-0.3, -0.25) is 9.11 Å². The Morgan fingerprint density at radius 2 is 0.709 bits per heavy atom. The molecule has 34 heteroatoms. The van der Waals surface area contributed by atoms with Crippen molar-refractivity contribution in [2.75, 3.05) is 51.8 Å². The second-order valence-corrected chi connectivity index (χ2v) is 17.2. The zero-order chi connectivity index (χ0) is 44.9. The van der Waals surface area contributed by atoms with Crippen molar-refractivity contribution in [1.29, 1.82) is 0 Å². The third-order valence-corrected chi connectivity index (χ3v) is 10.9. The molecule has 332 valence electrons. The van der Waals surface area contributed by atoms with Crippen molar-refractivity contribution in [1.82, 2.24) is 4.31 Å². The molecule has 0 fully saturated rings. The van der Waals surface area contributed by atoms with E-state index in [9.17, 15) is 117 Å². The third-order valence-electron chi connectivity index (χ3n) is 7.29. The number of quaternary nitrogens is 1. The number of hydrogen-bond acceptors (Lipinski definition) is 6. The van der Waals surface area contributed by atoms with Crippen molar-refractivity contribution in [3.8, 4) is 0 Å². The van der Waals surface area contributed by atoms with Crippen LogP contribution in [0, 0.1) is 0 Å². The van der Waals surface area contributed by atoms with Gasteiger partial charge >= 0.3 is 58.8 Å². The van der Waals surface area contributed by atoms with Crippen molar-refractivity contribution in [3.63, 3.8) is 0 Å². The minimum absolute atomic E-state index is 0.317. The van der Waals surface area contributed by atoms with E-state index in [1.165, 1.54) is 0 Å².